The van der Waals surface area contributed by atoms with Crippen molar-refractivity contribution in [3.8, 4) is 0 Å². The summed E-state index contributed by atoms with van der Waals surface area (Å²) in [6.45, 7) is 33.0. The van der Waals surface area contributed by atoms with Gasteiger partial charge in [-0.3, -0.25) is 4.79 Å². The quantitative estimate of drug-likeness (QED) is 0.0266. The third-order valence-corrected chi connectivity index (χ3v) is 14.1. The molecule has 14 unspecified atom stereocenters. The molecule has 0 aromatic heterocycles. The second kappa shape index (κ2) is 29.3. The maximum absolute atomic E-state index is 14.2. The molecule has 0 N–H and O–H groups in total. The predicted octanol–water partition coefficient (Wildman–Crippen LogP) is 9.90. The number of likely N-dealkylation sites (tertiary alicyclic amines) is 2. The third kappa shape index (κ3) is 19.2. The van der Waals surface area contributed by atoms with Crippen LogP contribution in [-0.4, -0.2) is 153 Å². The summed E-state index contributed by atoms with van der Waals surface area (Å²) in [6, 6.07) is 0.490. The van der Waals surface area contributed by atoms with Gasteiger partial charge in [-0.2, -0.15) is 0 Å². The predicted molar refractivity (Wildman–Crippen MR) is 266 cm³/mol. The monoisotopic (exact) mass is 979 g/mol. The molecule has 15 heteroatoms. The van der Waals surface area contributed by atoms with Gasteiger partial charge in [0.2, 0.25) is 0 Å². The van der Waals surface area contributed by atoms with Crippen molar-refractivity contribution in [2.75, 3.05) is 52.6 Å². The highest BCUT2D eigenvalue weighted by molar-refractivity contribution is 5.70. The van der Waals surface area contributed by atoms with E-state index in [0.29, 0.717) is 64.8 Å². The van der Waals surface area contributed by atoms with Crippen LogP contribution in [0.4, 0.5) is 4.79 Å². The van der Waals surface area contributed by atoms with Crippen molar-refractivity contribution in [3.05, 3.63) is 36.0 Å². The molecule has 0 aliphatic carbocycles. The number of allylic oxidation sites excluding steroid dienone is 2. The first-order valence-corrected chi connectivity index (χ1v) is 26.6. The summed E-state index contributed by atoms with van der Waals surface area (Å²) in [5.41, 5.74) is -1.01. The zero-order chi connectivity index (χ0) is 50.7. The first-order valence-electron chi connectivity index (χ1n) is 26.6. The van der Waals surface area contributed by atoms with Gasteiger partial charge in [-0.15, -0.1) is 0 Å². The topological polar surface area (TPSA) is 145 Å². The van der Waals surface area contributed by atoms with Gasteiger partial charge in [-0.25, -0.2) is 4.79 Å². The Morgan fingerprint density at radius 3 is 2.13 bits per heavy atom. The second-order valence-electron chi connectivity index (χ2n) is 19.9. The number of ether oxygens (including phenoxy) is 11. The van der Waals surface area contributed by atoms with E-state index in [2.05, 4.69) is 18.7 Å². The average molecular weight is 979 g/mol. The van der Waals surface area contributed by atoms with E-state index in [0.717, 1.165) is 37.9 Å². The summed E-state index contributed by atoms with van der Waals surface area (Å²) in [4.78, 5) is 32.6. The van der Waals surface area contributed by atoms with Gasteiger partial charge < -0.3 is 61.9 Å². The zero-order valence-corrected chi connectivity index (χ0v) is 45.1. The van der Waals surface area contributed by atoms with Gasteiger partial charge in [-0.1, -0.05) is 45.1 Å². The van der Waals surface area contributed by atoms with Crippen molar-refractivity contribution in [2.24, 2.45) is 11.8 Å². The van der Waals surface area contributed by atoms with Crippen molar-refractivity contribution in [1.82, 2.24) is 9.80 Å². The van der Waals surface area contributed by atoms with Crippen LogP contribution in [-0.2, 0) is 56.9 Å². The molecule has 14 atom stereocenters. The highest BCUT2D eigenvalue weighted by Gasteiger charge is 2.49. The van der Waals surface area contributed by atoms with Crippen LogP contribution in [0.3, 0.4) is 0 Å². The molecule has 4 aliphatic heterocycles. The first kappa shape index (κ1) is 59.1. The van der Waals surface area contributed by atoms with E-state index in [4.69, 9.17) is 52.1 Å². The van der Waals surface area contributed by atoms with E-state index in [1.54, 1.807) is 0 Å². The van der Waals surface area contributed by atoms with Crippen LogP contribution in [0.1, 0.15) is 155 Å². The molecule has 1 amide bonds. The average Bonchev–Trinajstić information content (AvgIpc) is 3.82. The van der Waals surface area contributed by atoms with Gasteiger partial charge in [0.15, 0.2) is 31.3 Å². The molecule has 398 valence electrons. The van der Waals surface area contributed by atoms with Crippen LogP contribution in [0.25, 0.3) is 0 Å². The number of carbonyl (C=O) groups excluding carboxylic acids is 2. The Kier molecular flexibility index (Phi) is 25.1. The van der Waals surface area contributed by atoms with E-state index in [1.165, 1.54) is 12.8 Å². The molecule has 4 heterocycles. The Labute approximate surface area is 416 Å². The Balaban J connectivity index is 1.64. The molecule has 3 saturated heterocycles. The number of amides is 1. The van der Waals surface area contributed by atoms with Gasteiger partial charge in [0.1, 0.15) is 11.7 Å². The van der Waals surface area contributed by atoms with Gasteiger partial charge >= 0.3 is 12.1 Å². The number of epoxide rings is 1. The smallest absolute Gasteiger partial charge is 0.410 e. The molecule has 0 radical (unpaired) electrons. The van der Waals surface area contributed by atoms with Crippen LogP contribution in [0.2, 0.25) is 0 Å². The Hall–Kier alpha value is -2.44. The van der Waals surface area contributed by atoms with E-state index in [9.17, 15) is 9.59 Å². The minimum absolute atomic E-state index is 0.0112. The molecule has 0 aromatic rings. The summed E-state index contributed by atoms with van der Waals surface area (Å²) in [5, 5.41) is 0. The fourth-order valence-corrected chi connectivity index (χ4v) is 10.4. The Bertz CT molecular complexity index is 1600. The fraction of sp³-hybridized carbons (Fsp3) is 0.852. The fourth-order valence-electron chi connectivity index (χ4n) is 10.4. The van der Waals surface area contributed by atoms with E-state index in [1.807, 2.05) is 118 Å². The van der Waals surface area contributed by atoms with Crippen molar-refractivity contribution in [3.63, 3.8) is 0 Å². The van der Waals surface area contributed by atoms with Gasteiger partial charge in [0.25, 0.3) is 0 Å². The van der Waals surface area contributed by atoms with Crippen molar-refractivity contribution >= 4 is 12.1 Å². The molecule has 4 rings (SSSR count). The summed E-state index contributed by atoms with van der Waals surface area (Å²) in [6.07, 6.45) is 11.9. The number of hydrogen-bond donors (Lipinski definition) is 0. The molecule has 0 aromatic carbocycles. The van der Waals surface area contributed by atoms with Crippen molar-refractivity contribution in [2.45, 2.75) is 234 Å². The summed E-state index contributed by atoms with van der Waals surface area (Å²) >= 11 is 0. The number of cyclic esters (lactones) is 1. The molecule has 0 bridgehead atoms. The lowest BCUT2D eigenvalue weighted by Crippen LogP contribution is -2.51. The van der Waals surface area contributed by atoms with Crippen LogP contribution < -0.4 is 0 Å². The Morgan fingerprint density at radius 1 is 0.870 bits per heavy atom. The van der Waals surface area contributed by atoms with E-state index in [-0.39, 0.29) is 49.0 Å². The normalized spacial score (nSPS) is 30.9. The van der Waals surface area contributed by atoms with Gasteiger partial charge in [0, 0.05) is 63.8 Å². The van der Waals surface area contributed by atoms with Gasteiger partial charge in [0.05, 0.1) is 36.4 Å². The molecule has 69 heavy (non-hydrogen) atoms. The summed E-state index contributed by atoms with van der Waals surface area (Å²) in [5.74, 6) is -0.586. The molecule has 0 saturated carbocycles. The number of nitrogens with zero attached hydrogens (tertiary/aromatic N) is 2. The number of hydrogen-bond acceptors (Lipinski definition) is 14. The second-order valence-corrected chi connectivity index (χ2v) is 19.9. The molecular formula is C54H94N2O13. The number of carbonyl (C=O) groups is 2. The first-order chi connectivity index (χ1) is 32.9. The minimum atomic E-state index is -1.06. The standard InChI is InChI=1S/C54H94N2O13/c1-15-46(64-41(10)60-17-3)39(8)51-47(65-51)36-53(13,68-42(11)61-18-4)29-22-23-37(6)50-38(7)24-25-48(66-52(58)56-33-27-44(28-34-56)55-31-20-21-32-55)54(14,69-43(12)62-19-5)30-26-45(35-49(57)67-50)63-40(9)59-16-2/h22-25,29,38-48,50-51H,15-21,26-28,30-36H2,1-14H3/b25-24-,29-22+,37-23+. The summed E-state index contributed by atoms with van der Waals surface area (Å²) in [7, 11) is 0. The molecule has 0 spiro atoms. The number of esters is 1. The van der Waals surface area contributed by atoms with Crippen molar-refractivity contribution < 1.29 is 61.7 Å². The largest absolute Gasteiger partial charge is 0.457 e. The van der Waals surface area contributed by atoms with E-state index >= 15 is 0 Å². The highest BCUT2D eigenvalue weighted by atomic mass is 16.7. The molecule has 4 aliphatic rings. The minimum Gasteiger partial charge on any atom is -0.457 e. The lowest BCUT2D eigenvalue weighted by atomic mass is 9.88. The zero-order valence-electron chi connectivity index (χ0n) is 45.1. The number of rotatable bonds is 26. The van der Waals surface area contributed by atoms with Crippen LogP contribution >= 0.6 is 0 Å². The maximum Gasteiger partial charge on any atom is 0.410 e. The van der Waals surface area contributed by atoms with Crippen molar-refractivity contribution in [1.29, 1.82) is 0 Å². The lowest BCUT2D eigenvalue weighted by Gasteiger charge is -2.41. The third-order valence-electron chi connectivity index (χ3n) is 14.1. The lowest BCUT2D eigenvalue weighted by molar-refractivity contribution is -0.225. The highest BCUT2D eigenvalue weighted by Crippen LogP contribution is 2.40. The molecule has 3 fully saturated rings. The maximum atomic E-state index is 14.2. The SMILES string of the molecule is CCOC(C)OC1CCC(C)(OC(C)OCC)C(OC(=O)N2CCC(N3CCCC3)CC2)/C=C\C(C)C(/C(C)=C/C=C/C(C)(CC2OC2C(C)C(CC)OC(C)OCC)OC(C)OCC)OC(=O)C1. The van der Waals surface area contributed by atoms with Gasteiger partial charge in [-0.05, 0) is 146 Å². The number of piperidine rings is 1. The molecular weight excluding hydrogens is 885 g/mol. The molecule has 15 nitrogen and oxygen atoms in total. The van der Waals surface area contributed by atoms with Crippen LogP contribution in [0.5, 0.6) is 0 Å². The van der Waals surface area contributed by atoms with Crippen LogP contribution in [0.15, 0.2) is 36.0 Å². The summed E-state index contributed by atoms with van der Waals surface area (Å²) < 4.78 is 68.4. The van der Waals surface area contributed by atoms with E-state index < -0.39 is 54.4 Å². The Morgan fingerprint density at radius 2 is 1.49 bits per heavy atom. The van der Waals surface area contributed by atoms with Crippen LogP contribution in [0, 0.1) is 11.8 Å².